The number of hydrogen-bond donors (Lipinski definition) is 0. The molecule has 154 valence electrons. The Bertz CT molecular complexity index is 792. The standard InChI is InChI=1S/C17H12F8O3/c1-26-9-4-2-8(3-5-9)6-27-7-10(17(23,24)25)28-16-14(21)12(19)11(18)13(20)15(16)22/h2-5,10H,6-7H2,1H3. The summed E-state index contributed by atoms with van der Waals surface area (Å²) in [6.45, 7) is -1.59. The monoisotopic (exact) mass is 416 g/mol. The van der Waals surface area contributed by atoms with Crippen LogP contribution < -0.4 is 9.47 Å². The Balaban J connectivity index is 2.15. The fraction of sp³-hybridized carbons (Fsp3) is 0.294. The highest BCUT2D eigenvalue weighted by molar-refractivity contribution is 5.30. The molecular weight excluding hydrogens is 404 g/mol. The minimum Gasteiger partial charge on any atom is -0.497 e. The predicted octanol–water partition coefficient (Wildman–Crippen LogP) is 4.92. The molecule has 28 heavy (non-hydrogen) atoms. The first kappa shape index (κ1) is 21.7. The van der Waals surface area contributed by atoms with Crippen molar-refractivity contribution in [1.82, 2.24) is 0 Å². The Morgan fingerprint density at radius 2 is 1.32 bits per heavy atom. The zero-order valence-electron chi connectivity index (χ0n) is 14.0. The maximum Gasteiger partial charge on any atom is 0.427 e. The summed E-state index contributed by atoms with van der Waals surface area (Å²) in [5, 5.41) is 0. The molecule has 0 bridgehead atoms. The van der Waals surface area contributed by atoms with Gasteiger partial charge in [0.2, 0.25) is 35.2 Å². The molecule has 0 aromatic heterocycles. The van der Waals surface area contributed by atoms with Gasteiger partial charge in [-0.25, -0.2) is 13.2 Å². The molecule has 0 aliphatic carbocycles. The summed E-state index contributed by atoms with van der Waals surface area (Å²) < 4.78 is 119. The number of benzene rings is 2. The van der Waals surface area contributed by atoms with Crippen LogP contribution in [0.4, 0.5) is 35.1 Å². The number of hydrogen-bond acceptors (Lipinski definition) is 3. The van der Waals surface area contributed by atoms with E-state index in [1.165, 1.54) is 31.4 Å². The molecule has 1 atom stereocenters. The lowest BCUT2D eigenvalue weighted by Crippen LogP contribution is -2.39. The van der Waals surface area contributed by atoms with Gasteiger partial charge in [0.05, 0.1) is 20.3 Å². The van der Waals surface area contributed by atoms with E-state index in [1.54, 1.807) is 0 Å². The molecule has 0 fully saturated rings. The summed E-state index contributed by atoms with van der Waals surface area (Å²) in [6, 6.07) is 6.02. The minimum absolute atomic E-state index is 0.336. The van der Waals surface area contributed by atoms with Gasteiger partial charge in [0.1, 0.15) is 5.75 Å². The van der Waals surface area contributed by atoms with Gasteiger partial charge in [-0.1, -0.05) is 12.1 Å². The van der Waals surface area contributed by atoms with E-state index in [0.29, 0.717) is 11.3 Å². The predicted molar refractivity (Wildman–Crippen MR) is 79.4 cm³/mol. The van der Waals surface area contributed by atoms with E-state index >= 15 is 0 Å². The van der Waals surface area contributed by atoms with Gasteiger partial charge in [-0.2, -0.15) is 22.0 Å². The summed E-state index contributed by atoms with van der Waals surface area (Å²) in [5.74, 6) is -13.9. The summed E-state index contributed by atoms with van der Waals surface area (Å²) in [4.78, 5) is 0. The topological polar surface area (TPSA) is 27.7 Å². The van der Waals surface area contributed by atoms with Gasteiger partial charge in [-0.15, -0.1) is 0 Å². The van der Waals surface area contributed by atoms with Gasteiger partial charge in [-0.05, 0) is 17.7 Å². The van der Waals surface area contributed by atoms with Crippen LogP contribution >= 0.6 is 0 Å². The van der Waals surface area contributed by atoms with Gasteiger partial charge < -0.3 is 14.2 Å². The van der Waals surface area contributed by atoms with Crippen LogP contribution in [0.5, 0.6) is 11.5 Å². The molecule has 0 saturated heterocycles. The molecular formula is C17H12F8O3. The van der Waals surface area contributed by atoms with Crippen molar-refractivity contribution < 1.29 is 49.3 Å². The van der Waals surface area contributed by atoms with E-state index in [-0.39, 0.29) is 6.61 Å². The molecule has 1 unspecified atom stereocenters. The number of alkyl halides is 3. The second-order valence-corrected chi connectivity index (χ2v) is 5.41. The van der Waals surface area contributed by atoms with Crippen LogP contribution in [0.25, 0.3) is 0 Å². The molecule has 0 spiro atoms. The lowest BCUT2D eigenvalue weighted by atomic mass is 10.2. The molecule has 0 aliphatic rings. The largest absolute Gasteiger partial charge is 0.497 e. The lowest BCUT2D eigenvalue weighted by molar-refractivity contribution is -0.210. The number of ether oxygens (including phenoxy) is 3. The highest BCUT2D eigenvalue weighted by atomic mass is 19.4. The van der Waals surface area contributed by atoms with E-state index < -0.39 is 53.7 Å². The molecule has 2 rings (SSSR count). The highest BCUT2D eigenvalue weighted by Crippen LogP contribution is 2.33. The van der Waals surface area contributed by atoms with Crippen LogP contribution in [0, 0.1) is 29.1 Å². The zero-order valence-corrected chi connectivity index (χ0v) is 14.0. The van der Waals surface area contributed by atoms with Crippen molar-refractivity contribution >= 4 is 0 Å². The van der Waals surface area contributed by atoms with Crippen molar-refractivity contribution in [3.05, 3.63) is 58.9 Å². The van der Waals surface area contributed by atoms with Crippen molar-refractivity contribution in [1.29, 1.82) is 0 Å². The Kier molecular flexibility index (Phi) is 6.70. The second kappa shape index (κ2) is 8.63. The zero-order chi connectivity index (χ0) is 21.1. The van der Waals surface area contributed by atoms with Crippen LogP contribution in [0.3, 0.4) is 0 Å². The van der Waals surface area contributed by atoms with E-state index in [2.05, 4.69) is 4.74 Å². The SMILES string of the molecule is COc1ccc(COCC(Oc2c(F)c(F)c(F)c(F)c2F)C(F)(F)F)cc1. The third-order valence-corrected chi connectivity index (χ3v) is 3.49. The molecule has 11 heteroatoms. The molecule has 0 aliphatic heterocycles. The van der Waals surface area contributed by atoms with Gasteiger partial charge in [0, 0.05) is 0 Å². The van der Waals surface area contributed by atoms with Crippen molar-refractivity contribution in [2.75, 3.05) is 13.7 Å². The molecule has 0 saturated carbocycles. The average molecular weight is 416 g/mol. The maximum atomic E-state index is 13.5. The second-order valence-electron chi connectivity index (χ2n) is 5.41. The van der Waals surface area contributed by atoms with Crippen molar-refractivity contribution in [2.24, 2.45) is 0 Å². The van der Waals surface area contributed by atoms with Crippen molar-refractivity contribution in [2.45, 2.75) is 18.9 Å². The van der Waals surface area contributed by atoms with Crippen LogP contribution in [0.2, 0.25) is 0 Å². The van der Waals surface area contributed by atoms with E-state index in [1.807, 2.05) is 0 Å². The fourth-order valence-electron chi connectivity index (χ4n) is 2.03. The molecule has 3 nitrogen and oxygen atoms in total. The lowest BCUT2D eigenvalue weighted by Gasteiger charge is -2.22. The van der Waals surface area contributed by atoms with E-state index in [0.717, 1.165) is 0 Å². The molecule has 0 N–H and O–H groups in total. The smallest absolute Gasteiger partial charge is 0.427 e. The van der Waals surface area contributed by atoms with Gasteiger partial charge in [0.25, 0.3) is 0 Å². The summed E-state index contributed by atoms with van der Waals surface area (Å²) in [7, 11) is 1.41. The van der Waals surface area contributed by atoms with Crippen LogP contribution in [-0.2, 0) is 11.3 Å². The van der Waals surface area contributed by atoms with Crippen molar-refractivity contribution in [3.8, 4) is 11.5 Å². The summed E-state index contributed by atoms with van der Waals surface area (Å²) in [5.41, 5.74) is 0.443. The van der Waals surface area contributed by atoms with Crippen molar-refractivity contribution in [3.63, 3.8) is 0 Å². The fourth-order valence-corrected chi connectivity index (χ4v) is 2.03. The average Bonchev–Trinajstić information content (AvgIpc) is 2.66. The summed E-state index contributed by atoms with van der Waals surface area (Å²) >= 11 is 0. The minimum atomic E-state index is -5.21. The Morgan fingerprint density at radius 3 is 1.79 bits per heavy atom. The quantitative estimate of drug-likeness (QED) is 0.365. The normalized spacial score (nSPS) is 12.8. The third-order valence-electron chi connectivity index (χ3n) is 3.49. The van der Waals surface area contributed by atoms with Crippen LogP contribution in [0.15, 0.2) is 24.3 Å². The number of methoxy groups -OCH3 is 1. The van der Waals surface area contributed by atoms with Crippen LogP contribution in [-0.4, -0.2) is 26.0 Å². The van der Waals surface area contributed by atoms with Crippen LogP contribution in [0.1, 0.15) is 5.56 Å². The Morgan fingerprint density at radius 1 is 0.821 bits per heavy atom. The first-order valence-corrected chi connectivity index (χ1v) is 7.51. The third kappa shape index (κ3) is 4.83. The first-order chi connectivity index (χ1) is 13.1. The Labute approximate surface area is 153 Å². The van der Waals surface area contributed by atoms with Gasteiger partial charge >= 0.3 is 6.18 Å². The molecule has 0 amide bonds. The van der Waals surface area contributed by atoms with Gasteiger partial charge in [0.15, 0.2) is 5.75 Å². The van der Waals surface area contributed by atoms with Gasteiger partial charge in [-0.3, -0.25) is 0 Å². The maximum absolute atomic E-state index is 13.5. The molecule has 2 aromatic rings. The highest BCUT2D eigenvalue weighted by Gasteiger charge is 2.44. The van der Waals surface area contributed by atoms with E-state index in [9.17, 15) is 35.1 Å². The number of rotatable bonds is 7. The molecule has 0 heterocycles. The first-order valence-electron chi connectivity index (χ1n) is 7.51. The van der Waals surface area contributed by atoms with E-state index in [4.69, 9.17) is 9.47 Å². The molecule has 2 aromatic carbocycles. The molecule has 0 radical (unpaired) electrons. The number of halogens is 8. The Hall–Kier alpha value is -2.56. The summed E-state index contributed by atoms with van der Waals surface area (Å²) in [6.07, 6.45) is -8.18.